The molecular formula is C31H26N2O2S. The second-order valence-corrected chi connectivity index (χ2v) is 10.3. The number of thioether (sulfide) groups is 1. The Morgan fingerprint density at radius 1 is 0.806 bits per heavy atom. The number of rotatable bonds is 5. The molecule has 1 aromatic heterocycles. The van der Waals surface area contributed by atoms with Gasteiger partial charge in [-0.25, -0.2) is 0 Å². The molecule has 0 spiro atoms. The Morgan fingerprint density at radius 2 is 1.56 bits per heavy atom. The smallest absolute Gasteiger partial charge is 0.255 e. The number of anilines is 1. The zero-order valence-electron chi connectivity index (χ0n) is 19.9. The van der Waals surface area contributed by atoms with Crippen molar-refractivity contribution in [3.05, 3.63) is 108 Å². The Bertz CT molecular complexity index is 1600. The molecule has 0 fully saturated rings. The van der Waals surface area contributed by atoms with Crippen LogP contribution in [0.15, 0.2) is 95.9 Å². The molecule has 4 aromatic carbocycles. The topological polar surface area (TPSA) is 51.1 Å². The first kappa shape index (κ1) is 22.6. The van der Waals surface area contributed by atoms with Crippen molar-refractivity contribution < 1.29 is 9.59 Å². The van der Waals surface area contributed by atoms with Crippen LogP contribution in [0.25, 0.3) is 21.7 Å². The molecule has 1 aliphatic carbocycles. The van der Waals surface area contributed by atoms with Gasteiger partial charge in [0.2, 0.25) is 5.91 Å². The van der Waals surface area contributed by atoms with E-state index in [2.05, 4.69) is 23.5 Å². The summed E-state index contributed by atoms with van der Waals surface area (Å²) < 4.78 is 1.95. The minimum absolute atomic E-state index is 0.119. The van der Waals surface area contributed by atoms with Crippen LogP contribution in [0.2, 0.25) is 0 Å². The van der Waals surface area contributed by atoms with Crippen molar-refractivity contribution in [1.29, 1.82) is 0 Å². The van der Waals surface area contributed by atoms with Gasteiger partial charge in [-0.3, -0.25) is 14.2 Å². The molecule has 6 rings (SSSR count). The van der Waals surface area contributed by atoms with Gasteiger partial charge in [-0.2, -0.15) is 0 Å². The van der Waals surface area contributed by atoms with Crippen LogP contribution < -0.4 is 5.32 Å². The maximum Gasteiger partial charge on any atom is 0.255 e. The number of para-hydroxylation sites is 1. The van der Waals surface area contributed by atoms with Crippen LogP contribution in [0.4, 0.5) is 5.69 Å². The lowest BCUT2D eigenvalue weighted by atomic mass is 9.96. The molecule has 4 nitrogen and oxygen atoms in total. The van der Waals surface area contributed by atoms with E-state index >= 15 is 0 Å². The van der Waals surface area contributed by atoms with E-state index in [0.29, 0.717) is 11.3 Å². The highest BCUT2D eigenvalue weighted by Gasteiger charge is 2.23. The third-order valence-electron chi connectivity index (χ3n) is 6.91. The number of aryl methyl sites for hydroxylation is 1. The number of fused-ring (bicyclic) bond motifs is 4. The van der Waals surface area contributed by atoms with Gasteiger partial charge in [0.25, 0.3) is 5.91 Å². The van der Waals surface area contributed by atoms with Crippen LogP contribution in [0.5, 0.6) is 0 Å². The number of nitrogens with one attached hydrogen (secondary N) is 1. The molecule has 0 saturated heterocycles. The van der Waals surface area contributed by atoms with E-state index in [1.165, 1.54) is 34.8 Å². The molecule has 0 aliphatic heterocycles. The van der Waals surface area contributed by atoms with Crippen molar-refractivity contribution in [1.82, 2.24) is 4.57 Å². The third kappa shape index (κ3) is 4.31. The normalized spacial score (nSPS) is 13.0. The van der Waals surface area contributed by atoms with Gasteiger partial charge in [0.05, 0.1) is 11.3 Å². The highest BCUT2D eigenvalue weighted by molar-refractivity contribution is 8.00. The molecule has 1 heterocycles. The van der Waals surface area contributed by atoms with E-state index in [1.54, 1.807) is 0 Å². The van der Waals surface area contributed by atoms with Crippen LogP contribution in [-0.2, 0) is 12.8 Å². The van der Waals surface area contributed by atoms with Gasteiger partial charge in [0, 0.05) is 27.2 Å². The molecule has 178 valence electrons. The average Bonchev–Trinajstić information content (AvgIpc) is 3.27. The number of amides is 1. The molecule has 1 N–H and O–H groups in total. The molecule has 0 atom stereocenters. The van der Waals surface area contributed by atoms with E-state index in [4.69, 9.17) is 0 Å². The molecular weight excluding hydrogens is 464 g/mol. The first-order chi connectivity index (χ1) is 17.7. The van der Waals surface area contributed by atoms with Crippen LogP contribution in [0, 0.1) is 0 Å². The third-order valence-corrected chi connectivity index (χ3v) is 7.91. The number of carbonyl (C=O) groups excluding carboxylic acids is 2. The SMILES string of the molecule is O=C(Nc1ccc(SCC(=O)n2c3c(c4ccccc42)CCCC3)cc1)c1ccc2ccccc2c1. The van der Waals surface area contributed by atoms with E-state index in [1.807, 2.05) is 77.4 Å². The summed E-state index contributed by atoms with van der Waals surface area (Å²) in [5, 5.41) is 6.34. The van der Waals surface area contributed by atoms with Crippen molar-refractivity contribution in [3.63, 3.8) is 0 Å². The summed E-state index contributed by atoms with van der Waals surface area (Å²) in [6.07, 6.45) is 4.34. The van der Waals surface area contributed by atoms with E-state index in [-0.39, 0.29) is 11.8 Å². The van der Waals surface area contributed by atoms with Crippen LogP contribution in [0.1, 0.15) is 39.3 Å². The lowest BCUT2D eigenvalue weighted by molar-refractivity contribution is 0.0942. The summed E-state index contributed by atoms with van der Waals surface area (Å²) in [6, 6.07) is 29.7. The van der Waals surface area contributed by atoms with Gasteiger partial charge in [0.1, 0.15) is 0 Å². The lowest BCUT2D eigenvalue weighted by Gasteiger charge is -2.15. The van der Waals surface area contributed by atoms with Crippen LogP contribution >= 0.6 is 11.8 Å². The van der Waals surface area contributed by atoms with E-state index < -0.39 is 0 Å². The summed E-state index contributed by atoms with van der Waals surface area (Å²) >= 11 is 1.53. The molecule has 0 radical (unpaired) electrons. The molecule has 36 heavy (non-hydrogen) atoms. The number of carbonyl (C=O) groups is 2. The highest BCUT2D eigenvalue weighted by Crippen LogP contribution is 2.33. The van der Waals surface area contributed by atoms with E-state index in [9.17, 15) is 9.59 Å². The second-order valence-electron chi connectivity index (χ2n) is 9.21. The number of benzene rings is 4. The summed E-state index contributed by atoms with van der Waals surface area (Å²) in [5.74, 6) is 0.349. The standard InChI is InChI=1S/C31H26N2O2S/c34-30(33-28-11-5-3-9-26(28)27-10-4-6-12-29(27)33)20-36-25-17-15-24(16-18-25)32-31(35)23-14-13-21-7-1-2-8-22(21)19-23/h1-3,5,7-9,11,13-19H,4,6,10,12,20H2,(H,32,35). The quantitative estimate of drug-likeness (QED) is 0.262. The first-order valence-electron chi connectivity index (χ1n) is 12.3. The maximum atomic E-state index is 13.3. The molecule has 0 bridgehead atoms. The van der Waals surface area contributed by atoms with Crippen molar-refractivity contribution >= 4 is 50.9 Å². The van der Waals surface area contributed by atoms with Crippen molar-refractivity contribution in [2.75, 3.05) is 11.1 Å². The fourth-order valence-electron chi connectivity index (χ4n) is 5.16. The fraction of sp³-hybridized carbons (Fsp3) is 0.161. The molecule has 0 unspecified atom stereocenters. The molecule has 5 aromatic rings. The number of nitrogens with zero attached hydrogens (tertiary/aromatic N) is 1. The minimum atomic E-state index is -0.138. The summed E-state index contributed by atoms with van der Waals surface area (Å²) in [5.41, 5.74) is 4.93. The first-order valence-corrected chi connectivity index (χ1v) is 13.3. The Labute approximate surface area is 214 Å². The highest BCUT2D eigenvalue weighted by atomic mass is 32.2. The van der Waals surface area contributed by atoms with Crippen LogP contribution in [0.3, 0.4) is 0 Å². The van der Waals surface area contributed by atoms with Gasteiger partial charge < -0.3 is 5.32 Å². The predicted molar refractivity (Wildman–Crippen MR) is 148 cm³/mol. The van der Waals surface area contributed by atoms with E-state index in [0.717, 1.165) is 46.1 Å². The number of hydrogen-bond donors (Lipinski definition) is 1. The lowest BCUT2D eigenvalue weighted by Crippen LogP contribution is -2.18. The van der Waals surface area contributed by atoms with Gasteiger partial charge in [0.15, 0.2) is 0 Å². The Kier molecular flexibility index (Phi) is 6.08. The zero-order valence-corrected chi connectivity index (χ0v) is 20.7. The van der Waals surface area contributed by atoms with Crippen molar-refractivity contribution in [3.8, 4) is 0 Å². The van der Waals surface area contributed by atoms with Gasteiger partial charge in [-0.15, -0.1) is 11.8 Å². The number of aromatic nitrogens is 1. The van der Waals surface area contributed by atoms with Crippen LogP contribution in [-0.4, -0.2) is 22.1 Å². The summed E-state index contributed by atoms with van der Waals surface area (Å²) in [6.45, 7) is 0. The molecule has 1 aliphatic rings. The Balaban J connectivity index is 1.13. The summed E-state index contributed by atoms with van der Waals surface area (Å²) in [4.78, 5) is 27.1. The van der Waals surface area contributed by atoms with Gasteiger partial charge in [-0.05, 0) is 84.5 Å². The second kappa shape index (κ2) is 9.67. The van der Waals surface area contributed by atoms with Gasteiger partial charge in [-0.1, -0.05) is 48.5 Å². The molecule has 5 heteroatoms. The monoisotopic (exact) mass is 490 g/mol. The number of hydrogen-bond acceptors (Lipinski definition) is 3. The van der Waals surface area contributed by atoms with Gasteiger partial charge >= 0.3 is 0 Å². The predicted octanol–water partition coefficient (Wildman–Crippen LogP) is 7.36. The zero-order chi connectivity index (χ0) is 24.5. The molecule has 0 saturated carbocycles. The largest absolute Gasteiger partial charge is 0.322 e. The average molecular weight is 491 g/mol. The minimum Gasteiger partial charge on any atom is -0.322 e. The van der Waals surface area contributed by atoms with Crippen molar-refractivity contribution in [2.45, 2.75) is 30.6 Å². The Morgan fingerprint density at radius 3 is 2.42 bits per heavy atom. The molecule has 1 amide bonds. The summed E-state index contributed by atoms with van der Waals surface area (Å²) in [7, 11) is 0. The maximum absolute atomic E-state index is 13.3. The fourth-order valence-corrected chi connectivity index (χ4v) is 5.91. The Hall–Kier alpha value is -3.83. The van der Waals surface area contributed by atoms with Crippen molar-refractivity contribution in [2.24, 2.45) is 0 Å².